The third-order valence-electron chi connectivity index (χ3n) is 4.83. The number of amides is 2. The van der Waals surface area contributed by atoms with Crippen molar-refractivity contribution >= 4 is 6.03 Å². The minimum Gasteiger partial charge on any atom is -0.468 e. The van der Waals surface area contributed by atoms with Crippen LogP contribution in [-0.2, 0) is 6.54 Å². The van der Waals surface area contributed by atoms with E-state index in [0.29, 0.717) is 6.54 Å². The number of nitrogens with one attached hydrogen (secondary N) is 1. The average Bonchev–Trinajstić information content (AvgIpc) is 3.34. The molecule has 148 valence electrons. The van der Waals surface area contributed by atoms with E-state index in [-0.39, 0.29) is 24.4 Å². The summed E-state index contributed by atoms with van der Waals surface area (Å²) in [7, 11) is 1.56. The Balaban J connectivity index is 1.59. The van der Waals surface area contributed by atoms with E-state index in [0.717, 1.165) is 36.3 Å². The van der Waals surface area contributed by atoms with Gasteiger partial charge in [0.25, 0.3) is 0 Å². The molecule has 1 fully saturated rings. The van der Waals surface area contributed by atoms with Crippen molar-refractivity contribution in [2.24, 2.45) is 0 Å². The summed E-state index contributed by atoms with van der Waals surface area (Å²) < 4.78 is 32.2. The molecular weight excluding hydrogens is 356 g/mol. The maximum Gasteiger partial charge on any atom is 0.319 e. The van der Waals surface area contributed by atoms with Gasteiger partial charge in [0, 0.05) is 26.0 Å². The smallest absolute Gasteiger partial charge is 0.319 e. The molecule has 3 rings (SSSR count). The maximum absolute atomic E-state index is 12.9. The molecule has 0 spiro atoms. The van der Waals surface area contributed by atoms with Crippen molar-refractivity contribution in [1.29, 1.82) is 0 Å². The predicted molar refractivity (Wildman–Crippen MR) is 95.2 cm³/mol. The fourth-order valence-electron chi connectivity index (χ4n) is 3.37. The monoisotopic (exact) mass is 381 g/mol. The second-order valence-electron chi connectivity index (χ2n) is 6.70. The lowest BCUT2D eigenvalue weighted by atomic mass is 10.1. The molecule has 9 heteroatoms. The topological polar surface area (TPSA) is 66.5 Å². The molecule has 1 N–H and O–H groups in total. The number of hydrogen-bond donors (Lipinski definition) is 1. The number of likely N-dealkylation sites (tertiary alicyclic amines) is 1. The second kappa shape index (κ2) is 8.98. The molecule has 7 nitrogen and oxygen atoms in total. The van der Waals surface area contributed by atoms with Crippen molar-refractivity contribution in [2.75, 3.05) is 26.7 Å². The second-order valence-corrected chi connectivity index (χ2v) is 6.70. The lowest BCUT2D eigenvalue weighted by Crippen LogP contribution is -2.44. The molecule has 1 aliphatic rings. The summed E-state index contributed by atoms with van der Waals surface area (Å²) in [4.78, 5) is 20.0. The average molecular weight is 381 g/mol. The Kier molecular flexibility index (Phi) is 6.44. The number of imidazole rings is 1. The molecule has 3 heterocycles. The molecule has 1 saturated heterocycles. The van der Waals surface area contributed by atoms with Gasteiger partial charge in [-0.25, -0.2) is 9.78 Å². The van der Waals surface area contributed by atoms with E-state index in [9.17, 15) is 13.6 Å². The van der Waals surface area contributed by atoms with Gasteiger partial charge in [0.05, 0.1) is 18.8 Å². The fourth-order valence-corrected chi connectivity index (χ4v) is 3.37. The number of hydrogen-bond acceptors (Lipinski definition) is 4. The molecule has 0 aromatic carbocycles. The molecule has 0 saturated carbocycles. The van der Waals surface area contributed by atoms with Crippen LogP contribution in [0.4, 0.5) is 13.6 Å². The molecule has 27 heavy (non-hydrogen) atoms. The standard InChI is InChI=1S/C18H25F2N5O2/c1-23(13-16-21-7-10-25(16)17(19)20)18(26)22-12-14(15-6-5-11-27-15)24-8-3-2-4-9-24/h5-7,10-11,14,17H,2-4,8-9,12-13H2,1H3,(H,22,26). The Morgan fingerprint density at radius 3 is 2.81 bits per heavy atom. The van der Waals surface area contributed by atoms with Crippen LogP contribution in [0.1, 0.15) is 43.4 Å². The van der Waals surface area contributed by atoms with Gasteiger partial charge in [-0.2, -0.15) is 8.78 Å². The summed E-state index contributed by atoms with van der Waals surface area (Å²) >= 11 is 0. The number of rotatable bonds is 7. The van der Waals surface area contributed by atoms with Crippen molar-refractivity contribution in [3.05, 3.63) is 42.4 Å². The van der Waals surface area contributed by atoms with Crippen LogP contribution >= 0.6 is 0 Å². The lowest BCUT2D eigenvalue weighted by molar-refractivity contribution is 0.0650. The molecule has 1 atom stereocenters. The van der Waals surface area contributed by atoms with Crippen molar-refractivity contribution in [1.82, 2.24) is 24.7 Å². The summed E-state index contributed by atoms with van der Waals surface area (Å²) in [6, 6.07) is 3.37. The van der Waals surface area contributed by atoms with Crippen molar-refractivity contribution in [2.45, 2.75) is 38.4 Å². The van der Waals surface area contributed by atoms with E-state index < -0.39 is 6.55 Å². The number of nitrogens with zero attached hydrogens (tertiary/aromatic N) is 4. The molecule has 0 aliphatic carbocycles. The zero-order valence-electron chi connectivity index (χ0n) is 15.4. The van der Waals surface area contributed by atoms with Crippen LogP contribution in [0, 0.1) is 0 Å². The predicted octanol–water partition coefficient (Wildman–Crippen LogP) is 3.24. The number of furan rings is 1. The van der Waals surface area contributed by atoms with Crippen molar-refractivity contribution in [3.63, 3.8) is 0 Å². The molecule has 2 aromatic heterocycles. The molecule has 1 unspecified atom stereocenters. The number of urea groups is 1. The maximum atomic E-state index is 12.9. The highest BCUT2D eigenvalue weighted by atomic mass is 19.3. The first-order valence-corrected chi connectivity index (χ1v) is 9.12. The van der Waals surface area contributed by atoms with E-state index in [1.54, 1.807) is 13.3 Å². The van der Waals surface area contributed by atoms with Crippen LogP contribution in [0.25, 0.3) is 0 Å². The van der Waals surface area contributed by atoms with Gasteiger partial charge in [-0.1, -0.05) is 6.42 Å². The van der Waals surface area contributed by atoms with Gasteiger partial charge >= 0.3 is 12.6 Å². The van der Waals surface area contributed by atoms with Gasteiger partial charge in [0.1, 0.15) is 11.6 Å². The number of halogens is 2. The third kappa shape index (κ3) is 4.85. The number of aromatic nitrogens is 2. The van der Waals surface area contributed by atoms with E-state index in [4.69, 9.17) is 4.42 Å². The van der Waals surface area contributed by atoms with Gasteiger partial charge in [-0.15, -0.1) is 0 Å². The van der Waals surface area contributed by atoms with E-state index in [2.05, 4.69) is 15.2 Å². The van der Waals surface area contributed by atoms with Gasteiger partial charge in [-0.05, 0) is 38.1 Å². The summed E-state index contributed by atoms with van der Waals surface area (Å²) in [5, 5.41) is 2.89. The highest BCUT2D eigenvalue weighted by Gasteiger charge is 2.25. The van der Waals surface area contributed by atoms with Crippen LogP contribution in [0.2, 0.25) is 0 Å². The first kappa shape index (κ1) is 19.3. The zero-order chi connectivity index (χ0) is 19.2. The van der Waals surface area contributed by atoms with Crippen molar-refractivity contribution < 1.29 is 18.0 Å². The van der Waals surface area contributed by atoms with Gasteiger partial charge < -0.3 is 14.6 Å². The Morgan fingerprint density at radius 2 is 2.15 bits per heavy atom. The molecule has 2 aromatic rings. The van der Waals surface area contributed by atoms with Gasteiger partial charge in [0.2, 0.25) is 0 Å². The summed E-state index contributed by atoms with van der Waals surface area (Å²) in [6.45, 7) is -0.370. The molecule has 1 aliphatic heterocycles. The van der Waals surface area contributed by atoms with Crippen LogP contribution in [0.5, 0.6) is 0 Å². The fraction of sp³-hybridized carbons (Fsp3) is 0.556. The normalized spacial score (nSPS) is 16.4. The van der Waals surface area contributed by atoms with Gasteiger partial charge in [0.15, 0.2) is 0 Å². The minimum atomic E-state index is -2.68. The molecule has 2 amide bonds. The number of carbonyl (C=O) groups excluding carboxylic acids is 1. The summed E-state index contributed by atoms with van der Waals surface area (Å²) in [6.07, 6.45) is 7.60. The van der Waals surface area contributed by atoms with Crippen LogP contribution in [0.3, 0.4) is 0 Å². The van der Waals surface area contributed by atoms with Crippen LogP contribution in [-0.4, -0.2) is 52.1 Å². The zero-order valence-corrected chi connectivity index (χ0v) is 15.4. The van der Waals surface area contributed by atoms with Crippen LogP contribution in [0.15, 0.2) is 35.2 Å². The van der Waals surface area contributed by atoms with Crippen molar-refractivity contribution in [3.8, 4) is 0 Å². The number of piperidine rings is 1. The SMILES string of the molecule is CN(Cc1nccn1C(F)F)C(=O)NCC(c1ccco1)N1CCCCC1. The first-order chi connectivity index (χ1) is 13.1. The number of carbonyl (C=O) groups is 1. The minimum absolute atomic E-state index is 0.00168. The van der Waals surface area contributed by atoms with E-state index in [1.807, 2.05) is 12.1 Å². The number of alkyl halides is 2. The Hall–Kier alpha value is -2.42. The summed E-state index contributed by atoms with van der Waals surface area (Å²) in [5.41, 5.74) is 0. The molecule has 0 bridgehead atoms. The lowest BCUT2D eigenvalue weighted by Gasteiger charge is -2.33. The summed E-state index contributed by atoms with van der Waals surface area (Å²) in [5.74, 6) is 0.953. The molecule has 0 radical (unpaired) electrons. The molecular formula is C18H25F2N5O2. The quantitative estimate of drug-likeness (QED) is 0.800. The Morgan fingerprint density at radius 1 is 1.37 bits per heavy atom. The van der Waals surface area contributed by atoms with Gasteiger partial charge in [-0.3, -0.25) is 9.47 Å². The van der Waals surface area contributed by atoms with Crippen LogP contribution < -0.4 is 5.32 Å². The Labute approximate surface area is 156 Å². The highest BCUT2D eigenvalue weighted by Crippen LogP contribution is 2.24. The first-order valence-electron chi connectivity index (χ1n) is 9.12. The largest absolute Gasteiger partial charge is 0.468 e. The van der Waals surface area contributed by atoms with E-state index >= 15 is 0 Å². The Bertz CT molecular complexity index is 713. The third-order valence-corrected chi connectivity index (χ3v) is 4.83. The van der Waals surface area contributed by atoms with E-state index in [1.165, 1.54) is 23.7 Å². The highest BCUT2D eigenvalue weighted by molar-refractivity contribution is 5.73.